The summed E-state index contributed by atoms with van der Waals surface area (Å²) in [6.07, 6.45) is 7.11. The second-order valence-electron chi connectivity index (χ2n) is 5.27. The molecule has 2 nitrogen and oxygen atoms in total. The smallest absolute Gasteiger partial charge is 0.00413 e. The van der Waals surface area contributed by atoms with Crippen LogP contribution in [0.2, 0.25) is 0 Å². The van der Waals surface area contributed by atoms with Crippen molar-refractivity contribution in [3.63, 3.8) is 0 Å². The minimum absolute atomic E-state index is 0.724. The summed E-state index contributed by atoms with van der Waals surface area (Å²) >= 11 is 0. The van der Waals surface area contributed by atoms with Gasteiger partial charge in [-0.1, -0.05) is 33.1 Å². The van der Waals surface area contributed by atoms with Crippen molar-refractivity contribution in [3.8, 4) is 0 Å². The molecule has 0 heterocycles. The third-order valence-electron chi connectivity index (χ3n) is 3.95. The van der Waals surface area contributed by atoms with Gasteiger partial charge in [0.05, 0.1) is 0 Å². The maximum absolute atomic E-state index is 3.66. The number of hydrogen-bond acceptors (Lipinski definition) is 2. The predicted octanol–water partition coefficient (Wildman–Crippen LogP) is 2.89. The van der Waals surface area contributed by atoms with Crippen LogP contribution in [0.25, 0.3) is 0 Å². The van der Waals surface area contributed by atoms with E-state index in [0.29, 0.717) is 0 Å². The van der Waals surface area contributed by atoms with E-state index in [9.17, 15) is 0 Å². The Morgan fingerprint density at radius 3 is 2.44 bits per heavy atom. The van der Waals surface area contributed by atoms with Gasteiger partial charge in [-0.2, -0.15) is 0 Å². The fraction of sp³-hybridized carbons (Fsp3) is 1.00. The third-order valence-corrected chi connectivity index (χ3v) is 3.95. The predicted molar refractivity (Wildman–Crippen MR) is 71.8 cm³/mol. The highest BCUT2D eigenvalue weighted by Gasteiger charge is 2.19. The molecule has 0 amide bonds. The van der Waals surface area contributed by atoms with Gasteiger partial charge in [0, 0.05) is 6.04 Å². The molecule has 1 atom stereocenters. The van der Waals surface area contributed by atoms with Crippen molar-refractivity contribution >= 4 is 0 Å². The van der Waals surface area contributed by atoms with Gasteiger partial charge in [0.15, 0.2) is 0 Å². The average molecular weight is 226 g/mol. The van der Waals surface area contributed by atoms with Crippen LogP contribution in [0.5, 0.6) is 0 Å². The highest BCUT2D eigenvalue weighted by Crippen LogP contribution is 2.30. The monoisotopic (exact) mass is 226 g/mol. The van der Waals surface area contributed by atoms with Crippen LogP contribution in [0, 0.1) is 5.92 Å². The maximum Gasteiger partial charge on any atom is 0.00413 e. The summed E-state index contributed by atoms with van der Waals surface area (Å²) in [5, 5.41) is 3.66. The second-order valence-corrected chi connectivity index (χ2v) is 5.27. The lowest BCUT2D eigenvalue weighted by Gasteiger charge is -2.28. The molecule has 1 unspecified atom stereocenters. The van der Waals surface area contributed by atoms with Gasteiger partial charge in [0.25, 0.3) is 0 Å². The Morgan fingerprint density at radius 2 is 1.94 bits per heavy atom. The summed E-state index contributed by atoms with van der Waals surface area (Å²) in [7, 11) is 0. The molecular formula is C14H30N2. The summed E-state index contributed by atoms with van der Waals surface area (Å²) in [6.45, 7) is 11.6. The van der Waals surface area contributed by atoms with Crippen LogP contribution in [0.3, 0.4) is 0 Å². The molecule has 1 aliphatic rings. The summed E-state index contributed by atoms with van der Waals surface area (Å²) in [5.74, 6) is 1.03. The Bertz CT molecular complexity index is 162. The van der Waals surface area contributed by atoms with Crippen LogP contribution in [0.15, 0.2) is 0 Å². The van der Waals surface area contributed by atoms with E-state index in [-0.39, 0.29) is 0 Å². The van der Waals surface area contributed by atoms with Crippen molar-refractivity contribution in [1.29, 1.82) is 0 Å². The van der Waals surface area contributed by atoms with E-state index in [1.165, 1.54) is 58.3 Å². The van der Waals surface area contributed by atoms with Crippen LogP contribution < -0.4 is 5.32 Å². The SMILES string of the molecule is CCN(CC)CCCNC(C)CC1CCC1. The molecule has 0 spiro atoms. The molecule has 1 fully saturated rings. The molecule has 0 aromatic heterocycles. The van der Waals surface area contributed by atoms with Gasteiger partial charge >= 0.3 is 0 Å². The average Bonchev–Trinajstić information content (AvgIpc) is 2.24. The number of nitrogens with one attached hydrogen (secondary N) is 1. The zero-order valence-corrected chi connectivity index (χ0v) is 11.5. The van der Waals surface area contributed by atoms with Gasteiger partial charge in [-0.3, -0.25) is 0 Å². The summed E-state index contributed by atoms with van der Waals surface area (Å²) in [5.41, 5.74) is 0. The first-order valence-corrected chi connectivity index (χ1v) is 7.22. The van der Waals surface area contributed by atoms with Crippen molar-refractivity contribution in [2.24, 2.45) is 5.92 Å². The normalized spacial score (nSPS) is 18.8. The fourth-order valence-electron chi connectivity index (χ4n) is 2.50. The molecule has 0 aromatic rings. The molecule has 0 bridgehead atoms. The first-order chi connectivity index (χ1) is 7.76. The first-order valence-electron chi connectivity index (χ1n) is 7.22. The number of hydrogen-bond donors (Lipinski definition) is 1. The lowest BCUT2D eigenvalue weighted by molar-refractivity contribution is 0.260. The lowest BCUT2D eigenvalue weighted by Crippen LogP contribution is -2.33. The zero-order chi connectivity index (χ0) is 11.8. The van der Waals surface area contributed by atoms with Crippen molar-refractivity contribution in [2.45, 2.75) is 58.9 Å². The number of nitrogens with zero attached hydrogens (tertiary/aromatic N) is 1. The van der Waals surface area contributed by atoms with E-state index in [4.69, 9.17) is 0 Å². The molecule has 96 valence electrons. The van der Waals surface area contributed by atoms with Gasteiger partial charge in [-0.25, -0.2) is 0 Å². The van der Waals surface area contributed by atoms with E-state index in [1.54, 1.807) is 0 Å². The van der Waals surface area contributed by atoms with Crippen LogP contribution in [-0.2, 0) is 0 Å². The van der Waals surface area contributed by atoms with Gasteiger partial charge in [0.2, 0.25) is 0 Å². The molecule has 1 saturated carbocycles. The van der Waals surface area contributed by atoms with E-state index in [2.05, 4.69) is 31.0 Å². The van der Waals surface area contributed by atoms with Gasteiger partial charge in [0.1, 0.15) is 0 Å². The summed E-state index contributed by atoms with van der Waals surface area (Å²) in [4.78, 5) is 2.50. The largest absolute Gasteiger partial charge is 0.314 e. The van der Waals surface area contributed by atoms with Gasteiger partial charge < -0.3 is 10.2 Å². The number of rotatable bonds is 9. The molecular weight excluding hydrogens is 196 g/mol. The minimum atomic E-state index is 0.724. The molecule has 0 saturated heterocycles. The highest BCUT2D eigenvalue weighted by molar-refractivity contribution is 4.74. The topological polar surface area (TPSA) is 15.3 Å². The van der Waals surface area contributed by atoms with Crippen LogP contribution in [0.4, 0.5) is 0 Å². The summed E-state index contributed by atoms with van der Waals surface area (Å²) < 4.78 is 0. The Hall–Kier alpha value is -0.0800. The van der Waals surface area contributed by atoms with Crippen molar-refractivity contribution in [1.82, 2.24) is 10.2 Å². The first kappa shape index (κ1) is 14.0. The second kappa shape index (κ2) is 8.08. The van der Waals surface area contributed by atoms with E-state index in [1.807, 2.05) is 0 Å². The quantitative estimate of drug-likeness (QED) is 0.608. The van der Waals surface area contributed by atoms with E-state index < -0.39 is 0 Å². The van der Waals surface area contributed by atoms with Crippen LogP contribution >= 0.6 is 0 Å². The molecule has 2 heteroatoms. The van der Waals surface area contributed by atoms with Gasteiger partial charge in [-0.05, 0) is 51.9 Å². The maximum atomic E-state index is 3.66. The Kier molecular flexibility index (Phi) is 7.06. The third kappa shape index (κ3) is 5.31. The molecule has 1 N–H and O–H groups in total. The van der Waals surface area contributed by atoms with Crippen LogP contribution in [-0.4, -0.2) is 37.1 Å². The van der Waals surface area contributed by atoms with Crippen molar-refractivity contribution in [3.05, 3.63) is 0 Å². The molecule has 16 heavy (non-hydrogen) atoms. The Balaban J connectivity index is 1.92. The molecule has 0 aromatic carbocycles. The Morgan fingerprint density at radius 1 is 1.25 bits per heavy atom. The molecule has 0 aliphatic heterocycles. The van der Waals surface area contributed by atoms with Crippen LogP contribution in [0.1, 0.15) is 52.9 Å². The standard InChI is InChI=1S/C14H30N2/c1-4-16(5-2)11-7-10-15-13(3)12-14-8-6-9-14/h13-15H,4-12H2,1-3H3. The highest BCUT2D eigenvalue weighted by atomic mass is 15.1. The minimum Gasteiger partial charge on any atom is -0.314 e. The molecule has 1 rings (SSSR count). The van der Waals surface area contributed by atoms with E-state index >= 15 is 0 Å². The van der Waals surface area contributed by atoms with Crippen molar-refractivity contribution in [2.75, 3.05) is 26.2 Å². The Labute approximate surface area is 102 Å². The van der Waals surface area contributed by atoms with Crippen molar-refractivity contribution < 1.29 is 0 Å². The summed E-state index contributed by atoms with van der Waals surface area (Å²) in [6, 6.07) is 0.724. The van der Waals surface area contributed by atoms with E-state index in [0.717, 1.165) is 12.0 Å². The molecule has 0 radical (unpaired) electrons. The lowest BCUT2D eigenvalue weighted by atomic mass is 9.81. The molecule has 1 aliphatic carbocycles. The zero-order valence-electron chi connectivity index (χ0n) is 11.5. The fourth-order valence-corrected chi connectivity index (χ4v) is 2.50. The van der Waals surface area contributed by atoms with Gasteiger partial charge in [-0.15, -0.1) is 0 Å².